The molecule has 0 unspecified atom stereocenters. The number of carbonyl (C=O) groups excluding carboxylic acids is 3. The molecule has 0 bridgehead atoms. The second-order valence-electron chi connectivity index (χ2n) is 20.6. The van der Waals surface area contributed by atoms with Crippen LogP contribution in [0, 0.1) is 0 Å². The molecule has 6 nitrogen and oxygen atoms in total. The molecule has 0 spiro atoms. The normalized spacial score (nSPS) is 12.6. The minimum atomic E-state index is -0.810. The molecular formula is C67H116O6. The second kappa shape index (κ2) is 61.1. The van der Waals surface area contributed by atoms with Gasteiger partial charge in [0.15, 0.2) is 6.10 Å². The van der Waals surface area contributed by atoms with E-state index in [-0.39, 0.29) is 37.5 Å². The van der Waals surface area contributed by atoms with Crippen LogP contribution in [0.5, 0.6) is 0 Å². The maximum absolute atomic E-state index is 12.9. The van der Waals surface area contributed by atoms with Crippen LogP contribution in [0.25, 0.3) is 0 Å². The predicted octanol–water partition coefficient (Wildman–Crippen LogP) is 21.1. The first-order valence-electron chi connectivity index (χ1n) is 31.1. The van der Waals surface area contributed by atoms with E-state index in [1.807, 2.05) is 0 Å². The van der Waals surface area contributed by atoms with E-state index in [9.17, 15) is 14.4 Å². The van der Waals surface area contributed by atoms with Crippen molar-refractivity contribution >= 4 is 17.9 Å². The van der Waals surface area contributed by atoms with Crippen LogP contribution >= 0.6 is 0 Å². The van der Waals surface area contributed by atoms with Gasteiger partial charge in [0, 0.05) is 19.3 Å². The van der Waals surface area contributed by atoms with E-state index >= 15 is 0 Å². The van der Waals surface area contributed by atoms with Gasteiger partial charge in [-0.25, -0.2) is 0 Å². The van der Waals surface area contributed by atoms with Crippen molar-refractivity contribution in [2.75, 3.05) is 13.2 Å². The van der Waals surface area contributed by atoms with Gasteiger partial charge in [-0.15, -0.1) is 0 Å². The Kier molecular flexibility index (Phi) is 58.3. The number of carbonyl (C=O) groups is 3. The maximum Gasteiger partial charge on any atom is 0.306 e. The first kappa shape index (κ1) is 69.6. The van der Waals surface area contributed by atoms with Gasteiger partial charge in [-0.3, -0.25) is 14.4 Å². The summed E-state index contributed by atoms with van der Waals surface area (Å²) >= 11 is 0. The highest BCUT2D eigenvalue weighted by molar-refractivity contribution is 5.71. The number of rotatable bonds is 56. The predicted molar refractivity (Wildman–Crippen MR) is 316 cm³/mol. The van der Waals surface area contributed by atoms with Crippen LogP contribution in [-0.2, 0) is 28.6 Å². The molecule has 73 heavy (non-hydrogen) atoms. The molecule has 0 aliphatic heterocycles. The molecule has 6 heteroatoms. The van der Waals surface area contributed by atoms with Crippen molar-refractivity contribution in [1.29, 1.82) is 0 Å². The van der Waals surface area contributed by atoms with Crippen molar-refractivity contribution in [2.45, 2.75) is 309 Å². The highest BCUT2D eigenvalue weighted by Crippen LogP contribution is 2.15. The van der Waals surface area contributed by atoms with Crippen molar-refractivity contribution < 1.29 is 28.6 Å². The molecule has 0 aliphatic carbocycles. The summed E-state index contributed by atoms with van der Waals surface area (Å²) in [5.41, 5.74) is 0. The van der Waals surface area contributed by atoms with E-state index < -0.39 is 6.10 Å². The fourth-order valence-corrected chi connectivity index (χ4v) is 8.64. The zero-order valence-electron chi connectivity index (χ0n) is 48.1. The van der Waals surface area contributed by atoms with Crippen molar-refractivity contribution in [3.63, 3.8) is 0 Å². The molecule has 0 N–H and O–H groups in total. The first-order valence-corrected chi connectivity index (χ1v) is 31.1. The Morgan fingerprint density at radius 1 is 0.274 bits per heavy atom. The van der Waals surface area contributed by atoms with Crippen LogP contribution in [0.3, 0.4) is 0 Å². The van der Waals surface area contributed by atoms with Gasteiger partial charge in [-0.05, 0) is 116 Å². The zero-order chi connectivity index (χ0) is 52.9. The summed E-state index contributed by atoms with van der Waals surface area (Å²) in [6.07, 6.45) is 80.1. The number of ether oxygens (including phenoxy) is 3. The van der Waals surface area contributed by atoms with Crippen molar-refractivity contribution in [1.82, 2.24) is 0 Å². The molecule has 0 saturated heterocycles. The van der Waals surface area contributed by atoms with Crippen LogP contribution < -0.4 is 0 Å². The summed E-state index contributed by atoms with van der Waals surface area (Å²) in [6, 6.07) is 0. The molecule has 0 aliphatic rings. The summed E-state index contributed by atoms with van der Waals surface area (Å²) in [5.74, 6) is -0.956. The Morgan fingerprint density at radius 3 is 0.849 bits per heavy atom. The summed E-state index contributed by atoms with van der Waals surface area (Å²) in [4.78, 5) is 38.3. The molecule has 0 aromatic rings. The average molecular weight is 1020 g/mol. The van der Waals surface area contributed by atoms with Gasteiger partial charge < -0.3 is 14.2 Å². The van der Waals surface area contributed by atoms with Gasteiger partial charge in [-0.1, -0.05) is 254 Å². The van der Waals surface area contributed by atoms with Gasteiger partial charge in [0.05, 0.1) is 0 Å². The fraction of sp³-hybridized carbons (Fsp3) is 0.746. The zero-order valence-corrected chi connectivity index (χ0v) is 48.1. The minimum Gasteiger partial charge on any atom is -0.462 e. The Morgan fingerprint density at radius 2 is 0.507 bits per heavy atom. The van der Waals surface area contributed by atoms with E-state index in [0.29, 0.717) is 19.3 Å². The molecule has 1 atom stereocenters. The standard InChI is InChI=1S/C67H116O6/c1-4-7-10-13-16-19-22-25-28-31-32-33-34-37-39-42-45-48-51-54-57-60-66(69)72-63-64(73-67(70)61-58-55-52-49-46-43-40-36-30-27-24-21-18-15-12-9-6-3)62-71-65(68)59-56-53-50-47-44-41-38-35-29-26-23-20-17-14-11-8-5-2/h17-18,20-21,25-30,40,43,49,52,64H,4-16,19,22-24,31-39,41-42,44-48,50-51,53-63H2,1-3H3/b20-17-,21-18-,28-25-,29-26-,30-27-,43-40-,52-49-/t64-/m1/s1. The SMILES string of the molecule is CCCCC/C=C\C/C=C\C/C=C\C/C=C\CCCC(=O)O[C@H](COC(=O)CCCCCCCCC/C=C\C/C=C\CCCCC)COC(=O)CCCCCCCCCCCCC/C=C\CCCCCCCC. The number of unbranched alkanes of at least 4 members (excludes halogenated alkanes) is 31. The molecule has 0 radical (unpaired) electrons. The Hall–Kier alpha value is -3.41. The smallest absolute Gasteiger partial charge is 0.306 e. The highest BCUT2D eigenvalue weighted by atomic mass is 16.6. The van der Waals surface area contributed by atoms with Crippen molar-refractivity contribution in [3.8, 4) is 0 Å². The third-order valence-electron chi connectivity index (χ3n) is 13.3. The van der Waals surface area contributed by atoms with Crippen LogP contribution in [0.1, 0.15) is 303 Å². The van der Waals surface area contributed by atoms with Crippen LogP contribution in [0.15, 0.2) is 85.1 Å². The van der Waals surface area contributed by atoms with Gasteiger partial charge in [0.25, 0.3) is 0 Å². The Bertz CT molecular complexity index is 1400. The lowest BCUT2D eigenvalue weighted by Crippen LogP contribution is -2.30. The first-order chi connectivity index (χ1) is 36.0. The van der Waals surface area contributed by atoms with E-state index in [4.69, 9.17) is 14.2 Å². The van der Waals surface area contributed by atoms with Gasteiger partial charge in [-0.2, -0.15) is 0 Å². The lowest BCUT2D eigenvalue weighted by Gasteiger charge is -2.18. The molecule has 420 valence electrons. The van der Waals surface area contributed by atoms with Gasteiger partial charge in [0.1, 0.15) is 13.2 Å². The quantitative estimate of drug-likeness (QED) is 0.0261. The molecular weight excluding hydrogens is 901 g/mol. The van der Waals surface area contributed by atoms with E-state index in [2.05, 4.69) is 106 Å². The largest absolute Gasteiger partial charge is 0.462 e. The second-order valence-corrected chi connectivity index (χ2v) is 20.6. The maximum atomic E-state index is 12.9. The summed E-state index contributed by atoms with van der Waals surface area (Å²) < 4.78 is 16.9. The Labute approximate surface area is 452 Å². The van der Waals surface area contributed by atoms with Gasteiger partial charge in [0.2, 0.25) is 0 Å². The summed E-state index contributed by atoms with van der Waals surface area (Å²) in [5, 5.41) is 0. The van der Waals surface area contributed by atoms with Gasteiger partial charge >= 0.3 is 17.9 Å². The monoisotopic (exact) mass is 1020 g/mol. The topological polar surface area (TPSA) is 78.9 Å². The number of allylic oxidation sites excluding steroid dienone is 14. The molecule has 0 fully saturated rings. The van der Waals surface area contributed by atoms with Crippen LogP contribution in [-0.4, -0.2) is 37.2 Å². The molecule has 0 heterocycles. The average Bonchev–Trinajstić information content (AvgIpc) is 3.39. The van der Waals surface area contributed by atoms with Crippen molar-refractivity contribution in [3.05, 3.63) is 85.1 Å². The fourth-order valence-electron chi connectivity index (χ4n) is 8.64. The van der Waals surface area contributed by atoms with Crippen molar-refractivity contribution in [2.24, 2.45) is 0 Å². The lowest BCUT2D eigenvalue weighted by molar-refractivity contribution is -0.167. The van der Waals surface area contributed by atoms with Crippen LogP contribution in [0.4, 0.5) is 0 Å². The molecule has 0 aromatic heterocycles. The summed E-state index contributed by atoms with van der Waals surface area (Å²) in [6.45, 7) is 6.56. The minimum absolute atomic E-state index is 0.100. The molecule has 0 aromatic carbocycles. The highest BCUT2D eigenvalue weighted by Gasteiger charge is 2.19. The van der Waals surface area contributed by atoms with E-state index in [1.165, 1.54) is 180 Å². The van der Waals surface area contributed by atoms with Crippen LogP contribution in [0.2, 0.25) is 0 Å². The molecule has 0 saturated carbocycles. The third-order valence-corrected chi connectivity index (χ3v) is 13.3. The molecule has 0 rings (SSSR count). The number of esters is 3. The van der Waals surface area contributed by atoms with E-state index in [1.54, 1.807) is 0 Å². The summed E-state index contributed by atoms with van der Waals surface area (Å²) in [7, 11) is 0. The lowest BCUT2D eigenvalue weighted by atomic mass is 10.0. The number of hydrogen-bond donors (Lipinski definition) is 0. The van der Waals surface area contributed by atoms with E-state index in [0.717, 1.165) is 77.0 Å². The molecule has 0 amide bonds. The number of hydrogen-bond acceptors (Lipinski definition) is 6. The third kappa shape index (κ3) is 59.3. The Balaban J connectivity index is 4.44.